The highest BCUT2D eigenvalue weighted by Gasteiger charge is 2.16. The second-order valence-corrected chi connectivity index (χ2v) is 3.53. The van der Waals surface area contributed by atoms with Gasteiger partial charge >= 0.3 is 0 Å². The van der Waals surface area contributed by atoms with Crippen molar-refractivity contribution in [3.8, 4) is 0 Å². The molecule has 7 heteroatoms. The van der Waals surface area contributed by atoms with Crippen LogP contribution in [0.3, 0.4) is 0 Å². The Hall–Kier alpha value is -2.31. The van der Waals surface area contributed by atoms with Crippen molar-refractivity contribution in [1.29, 1.82) is 0 Å². The molecule has 0 spiro atoms. The molecule has 0 aliphatic rings. The third-order valence-electron chi connectivity index (χ3n) is 2.12. The van der Waals surface area contributed by atoms with Gasteiger partial charge < -0.3 is 9.84 Å². The number of rotatable bonds is 2. The second kappa shape index (κ2) is 4.52. The predicted molar refractivity (Wildman–Crippen MR) is 55.5 cm³/mol. The molecule has 2 aromatic rings. The molecule has 18 heavy (non-hydrogen) atoms. The summed E-state index contributed by atoms with van der Waals surface area (Å²) in [6, 6.07) is 2.62. The zero-order valence-electron chi connectivity index (χ0n) is 9.13. The second-order valence-electron chi connectivity index (χ2n) is 3.53. The molecule has 0 aliphatic carbocycles. The summed E-state index contributed by atoms with van der Waals surface area (Å²) in [6.07, 6.45) is 0. The average Bonchev–Trinajstić information content (AvgIpc) is 2.71. The molecule has 0 saturated carbocycles. The van der Waals surface area contributed by atoms with E-state index < -0.39 is 23.4 Å². The van der Waals surface area contributed by atoms with Crippen LogP contribution in [0.25, 0.3) is 0 Å². The number of nitrogens with zero attached hydrogens (tertiary/aromatic N) is 1. The lowest BCUT2D eigenvalue weighted by atomic mass is 10.2. The van der Waals surface area contributed by atoms with Gasteiger partial charge in [-0.25, -0.2) is 13.2 Å². The fourth-order valence-corrected chi connectivity index (χ4v) is 1.30. The van der Waals surface area contributed by atoms with Crippen LogP contribution in [0.4, 0.5) is 19.0 Å². The van der Waals surface area contributed by atoms with Crippen molar-refractivity contribution in [3.63, 3.8) is 0 Å². The minimum atomic E-state index is -1.62. The van der Waals surface area contributed by atoms with E-state index in [0.29, 0.717) is 17.9 Å². The number of aromatic nitrogens is 1. The highest BCUT2D eigenvalue weighted by molar-refractivity contribution is 6.03. The van der Waals surface area contributed by atoms with E-state index >= 15 is 0 Å². The number of hydrogen-bond acceptors (Lipinski definition) is 3. The predicted octanol–water partition coefficient (Wildman–Crippen LogP) is 2.65. The summed E-state index contributed by atoms with van der Waals surface area (Å²) >= 11 is 0. The molecule has 1 aromatic carbocycles. The van der Waals surface area contributed by atoms with Gasteiger partial charge in [0, 0.05) is 11.6 Å². The number of carbonyl (C=O) groups excluding carboxylic acids is 1. The maximum absolute atomic E-state index is 12.9. The average molecular weight is 256 g/mol. The molecule has 2 rings (SSSR count). The monoisotopic (exact) mass is 256 g/mol. The zero-order chi connectivity index (χ0) is 13.3. The number of anilines is 1. The maximum atomic E-state index is 12.9. The van der Waals surface area contributed by atoms with Crippen molar-refractivity contribution >= 4 is 11.7 Å². The van der Waals surface area contributed by atoms with Gasteiger partial charge in [0.05, 0.1) is 0 Å². The number of nitrogens with one attached hydrogen (secondary N) is 1. The van der Waals surface area contributed by atoms with Crippen LogP contribution >= 0.6 is 0 Å². The Kier molecular flexibility index (Phi) is 3.05. The lowest BCUT2D eigenvalue weighted by Gasteiger charge is -2.02. The highest BCUT2D eigenvalue weighted by Crippen LogP contribution is 2.15. The molecule has 0 radical (unpaired) electrons. The summed E-state index contributed by atoms with van der Waals surface area (Å²) in [5, 5.41) is 5.73. The van der Waals surface area contributed by atoms with E-state index in [4.69, 9.17) is 4.52 Å². The summed E-state index contributed by atoms with van der Waals surface area (Å²) in [5.41, 5.74) is -0.355. The van der Waals surface area contributed by atoms with Crippen LogP contribution in [0.2, 0.25) is 0 Å². The number of aryl methyl sites for hydroxylation is 1. The van der Waals surface area contributed by atoms with Crippen LogP contribution in [-0.2, 0) is 0 Å². The summed E-state index contributed by atoms with van der Waals surface area (Å²) < 4.78 is 43.2. The molecule has 0 bridgehead atoms. The third kappa shape index (κ3) is 2.34. The lowest BCUT2D eigenvalue weighted by molar-refractivity contribution is 0.102. The van der Waals surface area contributed by atoms with Crippen LogP contribution in [0.1, 0.15) is 16.1 Å². The molecule has 0 atom stereocenters. The smallest absolute Gasteiger partial charge is 0.257 e. The highest BCUT2D eigenvalue weighted by atomic mass is 19.2. The zero-order valence-corrected chi connectivity index (χ0v) is 9.13. The van der Waals surface area contributed by atoms with E-state index in [9.17, 15) is 18.0 Å². The van der Waals surface area contributed by atoms with Gasteiger partial charge in [-0.05, 0) is 19.1 Å². The number of halogens is 3. The fourth-order valence-electron chi connectivity index (χ4n) is 1.30. The summed E-state index contributed by atoms with van der Waals surface area (Å²) in [6.45, 7) is 1.61. The SMILES string of the molecule is Cc1cc(NC(=O)c2cc(F)c(F)c(F)c2)no1. The van der Waals surface area contributed by atoms with Crippen molar-refractivity contribution in [2.45, 2.75) is 6.92 Å². The van der Waals surface area contributed by atoms with E-state index in [-0.39, 0.29) is 11.4 Å². The van der Waals surface area contributed by atoms with Gasteiger partial charge in [0.2, 0.25) is 0 Å². The van der Waals surface area contributed by atoms with E-state index in [1.807, 2.05) is 0 Å². The normalized spacial score (nSPS) is 10.4. The molecule has 1 aromatic heterocycles. The van der Waals surface area contributed by atoms with Crippen molar-refractivity contribution < 1.29 is 22.5 Å². The van der Waals surface area contributed by atoms with Gasteiger partial charge in [-0.3, -0.25) is 4.79 Å². The van der Waals surface area contributed by atoms with Gasteiger partial charge in [-0.15, -0.1) is 0 Å². The molecule has 0 saturated heterocycles. The largest absolute Gasteiger partial charge is 0.360 e. The van der Waals surface area contributed by atoms with E-state index in [1.165, 1.54) is 6.07 Å². The van der Waals surface area contributed by atoms with Crippen LogP contribution in [0.5, 0.6) is 0 Å². The molecule has 1 N–H and O–H groups in total. The first-order chi connectivity index (χ1) is 8.47. The maximum Gasteiger partial charge on any atom is 0.257 e. The Bertz CT molecular complexity index is 587. The van der Waals surface area contributed by atoms with Gasteiger partial charge in [-0.2, -0.15) is 0 Å². The molecule has 94 valence electrons. The number of benzene rings is 1. The van der Waals surface area contributed by atoms with Gasteiger partial charge in [0.1, 0.15) is 5.76 Å². The van der Waals surface area contributed by atoms with Crippen LogP contribution in [0, 0.1) is 24.4 Å². The Morgan fingerprint density at radius 1 is 1.22 bits per heavy atom. The van der Waals surface area contributed by atoms with Gasteiger partial charge in [-0.1, -0.05) is 5.16 Å². The quantitative estimate of drug-likeness (QED) is 0.840. The Morgan fingerprint density at radius 3 is 2.33 bits per heavy atom. The summed E-state index contributed by atoms with van der Waals surface area (Å²) in [5.74, 6) is -4.75. The first-order valence-corrected chi connectivity index (χ1v) is 4.86. The van der Waals surface area contributed by atoms with Crippen molar-refractivity contribution in [3.05, 3.63) is 47.0 Å². The first-order valence-electron chi connectivity index (χ1n) is 4.86. The molecule has 0 unspecified atom stereocenters. The first kappa shape index (κ1) is 12.2. The molecular formula is C11H7F3N2O2. The summed E-state index contributed by atoms with van der Waals surface area (Å²) in [7, 11) is 0. The molecule has 0 aliphatic heterocycles. The lowest BCUT2D eigenvalue weighted by Crippen LogP contribution is -2.13. The minimum absolute atomic E-state index is 0.0997. The van der Waals surface area contributed by atoms with Crippen LogP contribution in [-0.4, -0.2) is 11.1 Å². The fraction of sp³-hybridized carbons (Fsp3) is 0.0909. The van der Waals surface area contributed by atoms with Crippen molar-refractivity contribution in [2.75, 3.05) is 5.32 Å². The Labute approximate surface area is 99.4 Å². The molecule has 1 heterocycles. The minimum Gasteiger partial charge on any atom is -0.360 e. The topological polar surface area (TPSA) is 55.1 Å². The molecular weight excluding hydrogens is 249 g/mol. The van der Waals surface area contributed by atoms with E-state index in [2.05, 4.69) is 10.5 Å². The van der Waals surface area contributed by atoms with E-state index in [0.717, 1.165) is 0 Å². The summed E-state index contributed by atoms with van der Waals surface area (Å²) in [4.78, 5) is 11.6. The molecule has 1 amide bonds. The Morgan fingerprint density at radius 2 is 1.83 bits per heavy atom. The Balaban J connectivity index is 2.24. The van der Waals surface area contributed by atoms with Crippen molar-refractivity contribution in [2.24, 2.45) is 0 Å². The standard InChI is InChI=1S/C11H7F3N2O2/c1-5-2-9(16-18-5)15-11(17)6-3-7(12)10(14)8(13)4-6/h2-4H,1H3,(H,15,16,17). The van der Waals surface area contributed by atoms with Crippen LogP contribution in [0.15, 0.2) is 22.7 Å². The molecule has 4 nitrogen and oxygen atoms in total. The number of hydrogen-bond donors (Lipinski definition) is 1. The number of amides is 1. The third-order valence-corrected chi connectivity index (χ3v) is 2.12. The van der Waals surface area contributed by atoms with Gasteiger partial charge in [0.25, 0.3) is 5.91 Å². The van der Waals surface area contributed by atoms with Crippen LogP contribution < -0.4 is 5.32 Å². The van der Waals surface area contributed by atoms with Gasteiger partial charge in [0.15, 0.2) is 23.3 Å². The van der Waals surface area contributed by atoms with Crippen molar-refractivity contribution in [1.82, 2.24) is 5.16 Å². The van der Waals surface area contributed by atoms with E-state index in [1.54, 1.807) is 6.92 Å². The number of carbonyl (C=O) groups is 1. The molecule has 0 fully saturated rings.